The molecule has 0 aliphatic carbocycles. The lowest BCUT2D eigenvalue weighted by atomic mass is 9.88. The van der Waals surface area contributed by atoms with E-state index in [9.17, 15) is 18.0 Å². The van der Waals surface area contributed by atoms with Gasteiger partial charge in [0.05, 0.1) is 11.6 Å². The van der Waals surface area contributed by atoms with Crippen molar-refractivity contribution >= 4 is 5.91 Å². The number of hydrogen-bond acceptors (Lipinski definition) is 2. The normalized spacial score (nSPS) is 22.0. The molecule has 1 aliphatic rings. The molecule has 2 rings (SSSR count). The van der Waals surface area contributed by atoms with Crippen LogP contribution in [0.1, 0.15) is 43.7 Å². The number of halogens is 3. The summed E-state index contributed by atoms with van der Waals surface area (Å²) in [7, 11) is 0. The number of benzene rings is 1. The van der Waals surface area contributed by atoms with Gasteiger partial charge < -0.3 is 10.2 Å². The van der Waals surface area contributed by atoms with Crippen LogP contribution in [0.4, 0.5) is 13.2 Å². The number of nitrogens with one attached hydrogen (secondary N) is 1. The van der Waals surface area contributed by atoms with Crippen LogP contribution in [0.2, 0.25) is 0 Å². The first-order chi connectivity index (χ1) is 10.9. The van der Waals surface area contributed by atoms with Crippen molar-refractivity contribution in [1.29, 1.82) is 0 Å². The number of alkyl halides is 3. The van der Waals surface area contributed by atoms with Crippen LogP contribution in [0.15, 0.2) is 24.3 Å². The van der Waals surface area contributed by atoms with Gasteiger partial charge in [0.1, 0.15) is 0 Å². The Morgan fingerprint density at radius 2 is 1.78 bits per heavy atom. The molecular weight excluding hydrogens is 305 g/mol. The highest BCUT2D eigenvalue weighted by Crippen LogP contribution is 2.32. The summed E-state index contributed by atoms with van der Waals surface area (Å²) in [6.07, 6.45) is -2.79. The first kappa shape index (κ1) is 17.8. The molecule has 0 spiro atoms. The predicted octanol–water partition coefficient (Wildman–Crippen LogP) is 3.41. The average Bonchev–Trinajstić information content (AvgIpc) is 2.55. The molecule has 6 heteroatoms. The van der Waals surface area contributed by atoms with Crippen molar-refractivity contribution in [3.63, 3.8) is 0 Å². The highest BCUT2D eigenvalue weighted by Gasteiger charge is 2.31. The molecule has 0 bridgehead atoms. The van der Waals surface area contributed by atoms with E-state index in [2.05, 4.69) is 5.32 Å². The molecule has 0 saturated carbocycles. The Kier molecular flexibility index (Phi) is 5.68. The quantitative estimate of drug-likeness (QED) is 0.919. The Hall–Kier alpha value is -1.56. The van der Waals surface area contributed by atoms with Crippen LogP contribution in [0.5, 0.6) is 0 Å². The van der Waals surface area contributed by atoms with E-state index in [1.807, 2.05) is 13.8 Å². The summed E-state index contributed by atoms with van der Waals surface area (Å²) in [6.45, 7) is 5.90. The second-order valence-electron chi connectivity index (χ2n) is 5.87. The number of carbonyl (C=O) groups excluding carboxylic acids is 1. The van der Waals surface area contributed by atoms with Gasteiger partial charge in [-0.25, -0.2) is 0 Å². The number of hydrogen-bond donors (Lipinski definition) is 1. The van der Waals surface area contributed by atoms with Crippen LogP contribution in [-0.4, -0.2) is 36.5 Å². The molecule has 128 valence electrons. The molecule has 3 nitrogen and oxygen atoms in total. The molecule has 1 saturated heterocycles. The molecule has 2 atom stereocenters. The average molecular weight is 328 g/mol. The van der Waals surface area contributed by atoms with Crippen LogP contribution in [0, 0.1) is 0 Å². The van der Waals surface area contributed by atoms with Crippen molar-refractivity contribution in [2.75, 3.05) is 19.6 Å². The predicted molar refractivity (Wildman–Crippen MR) is 83.1 cm³/mol. The monoisotopic (exact) mass is 328 g/mol. The molecule has 1 N–H and O–H groups in total. The molecule has 2 unspecified atom stereocenters. The number of amides is 1. The summed E-state index contributed by atoms with van der Waals surface area (Å²) < 4.78 is 37.8. The second kappa shape index (κ2) is 7.34. The maximum Gasteiger partial charge on any atom is 0.416 e. The molecule has 1 aromatic rings. The van der Waals surface area contributed by atoms with E-state index in [1.54, 1.807) is 17.0 Å². The molecule has 1 amide bonds. The van der Waals surface area contributed by atoms with E-state index in [0.717, 1.165) is 24.1 Å². The lowest BCUT2D eigenvalue weighted by Gasteiger charge is -2.32. The topological polar surface area (TPSA) is 32.3 Å². The summed E-state index contributed by atoms with van der Waals surface area (Å²) >= 11 is 0. The molecule has 0 aromatic heterocycles. The highest BCUT2D eigenvalue weighted by atomic mass is 19.4. The van der Waals surface area contributed by atoms with Gasteiger partial charge in [-0.1, -0.05) is 12.1 Å². The van der Waals surface area contributed by atoms with Crippen LogP contribution < -0.4 is 5.32 Å². The lowest BCUT2D eigenvalue weighted by molar-refractivity contribution is -0.137. The van der Waals surface area contributed by atoms with Crippen LogP contribution in [0.25, 0.3) is 0 Å². The van der Waals surface area contributed by atoms with Gasteiger partial charge in [0.25, 0.3) is 0 Å². The van der Waals surface area contributed by atoms with Crippen molar-refractivity contribution in [3.8, 4) is 0 Å². The first-order valence-corrected chi connectivity index (χ1v) is 8.06. The standard InChI is InChI=1S/C17H23F3N2O/c1-3-22(4-2)16(23)15-10-7-13(11-21-15)12-5-8-14(9-6-12)17(18,19)20/h5-6,8-9,13,15,21H,3-4,7,10-11H2,1-2H3. The number of likely N-dealkylation sites (N-methyl/N-ethyl adjacent to an activating group) is 1. The van der Waals surface area contributed by atoms with Gasteiger partial charge in [0.2, 0.25) is 5.91 Å². The highest BCUT2D eigenvalue weighted by molar-refractivity contribution is 5.82. The molecule has 1 aliphatic heterocycles. The summed E-state index contributed by atoms with van der Waals surface area (Å²) in [5.74, 6) is 0.263. The third kappa shape index (κ3) is 4.25. The summed E-state index contributed by atoms with van der Waals surface area (Å²) in [6, 6.07) is 5.16. The third-order valence-electron chi connectivity index (χ3n) is 4.50. The number of nitrogens with zero attached hydrogens (tertiary/aromatic N) is 1. The van der Waals surface area contributed by atoms with Crippen molar-refractivity contribution < 1.29 is 18.0 Å². The van der Waals surface area contributed by atoms with Crippen molar-refractivity contribution in [1.82, 2.24) is 10.2 Å². The smallest absolute Gasteiger partial charge is 0.342 e. The zero-order valence-electron chi connectivity index (χ0n) is 13.5. The van der Waals surface area contributed by atoms with Gasteiger partial charge in [0.15, 0.2) is 0 Å². The second-order valence-corrected chi connectivity index (χ2v) is 5.87. The van der Waals surface area contributed by atoms with Gasteiger partial charge in [-0.3, -0.25) is 4.79 Å². The Labute approximate surface area is 134 Å². The van der Waals surface area contributed by atoms with Crippen molar-refractivity contribution in [2.24, 2.45) is 0 Å². The van der Waals surface area contributed by atoms with E-state index in [-0.39, 0.29) is 17.9 Å². The molecular formula is C17H23F3N2O. The minimum atomic E-state index is -4.30. The summed E-state index contributed by atoms with van der Waals surface area (Å²) in [5.41, 5.74) is 0.263. The van der Waals surface area contributed by atoms with Crippen LogP contribution in [0.3, 0.4) is 0 Å². The van der Waals surface area contributed by atoms with Gasteiger partial charge in [-0.15, -0.1) is 0 Å². The lowest BCUT2D eigenvalue weighted by Crippen LogP contribution is -2.49. The Morgan fingerprint density at radius 1 is 1.17 bits per heavy atom. The zero-order chi connectivity index (χ0) is 17.0. The molecule has 1 heterocycles. The zero-order valence-corrected chi connectivity index (χ0v) is 13.5. The van der Waals surface area contributed by atoms with Crippen LogP contribution in [-0.2, 0) is 11.0 Å². The molecule has 0 radical (unpaired) electrons. The SMILES string of the molecule is CCN(CC)C(=O)C1CCC(c2ccc(C(F)(F)F)cc2)CN1. The summed E-state index contributed by atoms with van der Waals surface area (Å²) in [4.78, 5) is 14.1. The van der Waals surface area contributed by atoms with Gasteiger partial charge in [-0.05, 0) is 50.3 Å². The fourth-order valence-corrected chi connectivity index (χ4v) is 3.05. The summed E-state index contributed by atoms with van der Waals surface area (Å²) in [5, 5.41) is 3.25. The van der Waals surface area contributed by atoms with E-state index in [4.69, 9.17) is 0 Å². The number of rotatable bonds is 4. The molecule has 1 aromatic carbocycles. The van der Waals surface area contributed by atoms with E-state index in [0.29, 0.717) is 26.1 Å². The van der Waals surface area contributed by atoms with Crippen molar-refractivity contribution in [2.45, 2.75) is 44.8 Å². The largest absolute Gasteiger partial charge is 0.416 e. The Balaban J connectivity index is 1.95. The van der Waals surface area contributed by atoms with Crippen molar-refractivity contribution in [3.05, 3.63) is 35.4 Å². The van der Waals surface area contributed by atoms with E-state index < -0.39 is 11.7 Å². The Bertz CT molecular complexity index is 516. The Morgan fingerprint density at radius 3 is 2.22 bits per heavy atom. The van der Waals surface area contributed by atoms with E-state index >= 15 is 0 Å². The van der Waals surface area contributed by atoms with Gasteiger partial charge in [-0.2, -0.15) is 13.2 Å². The fraction of sp³-hybridized carbons (Fsp3) is 0.588. The fourth-order valence-electron chi connectivity index (χ4n) is 3.05. The number of carbonyl (C=O) groups is 1. The first-order valence-electron chi connectivity index (χ1n) is 8.06. The number of piperidine rings is 1. The molecule has 1 fully saturated rings. The minimum Gasteiger partial charge on any atom is -0.342 e. The van der Waals surface area contributed by atoms with E-state index in [1.165, 1.54) is 0 Å². The maximum absolute atomic E-state index is 12.6. The molecule has 23 heavy (non-hydrogen) atoms. The minimum absolute atomic E-state index is 0.112. The van der Waals surface area contributed by atoms with Gasteiger partial charge in [0, 0.05) is 19.6 Å². The third-order valence-corrected chi connectivity index (χ3v) is 4.50. The van der Waals surface area contributed by atoms with Gasteiger partial charge >= 0.3 is 6.18 Å². The van der Waals surface area contributed by atoms with Crippen LogP contribution >= 0.6 is 0 Å². The maximum atomic E-state index is 12.6.